The molecule has 1 aliphatic rings. The molecular weight excluding hydrogens is 358 g/mol. The number of aliphatic imine (C=N–C) groups is 1. The summed E-state index contributed by atoms with van der Waals surface area (Å²) < 4.78 is 16.1. The van der Waals surface area contributed by atoms with Crippen LogP contribution in [0.25, 0.3) is 6.08 Å². The molecule has 0 fully saturated rings. The summed E-state index contributed by atoms with van der Waals surface area (Å²) >= 11 is 0. The molecule has 1 aliphatic heterocycles. The number of hydrogen-bond donors (Lipinski definition) is 0. The maximum Gasteiger partial charge on any atom is 0.363 e. The van der Waals surface area contributed by atoms with Gasteiger partial charge in [-0.3, -0.25) is 4.79 Å². The van der Waals surface area contributed by atoms with Crippen molar-refractivity contribution in [2.75, 3.05) is 6.61 Å². The van der Waals surface area contributed by atoms with Crippen molar-refractivity contribution in [1.82, 2.24) is 0 Å². The molecule has 0 N–H and O–H groups in total. The highest BCUT2D eigenvalue weighted by molar-refractivity contribution is 6.12. The highest BCUT2D eigenvalue weighted by atomic mass is 16.6. The largest absolute Gasteiger partial charge is 0.490 e. The number of aryl methyl sites for hydroxylation is 1. The van der Waals surface area contributed by atoms with Crippen LogP contribution in [0.5, 0.6) is 11.5 Å². The van der Waals surface area contributed by atoms with Gasteiger partial charge >= 0.3 is 11.9 Å². The number of cyclic esters (lactones) is 1. The van der Waals surface area contributed by atoms with Crippen molar-refractivity contribution in [3.63, 3.8) is 0 Å². The predicted molar refractivity (Wildman–Crippen MR) is 105 cm³/mol. The molecule has 0 aromatic heterocycles. The zero-order valence-corrected chi connectivity index (χ0v) is 16.0. The number of nitrogens with zero attached hydrogens (tertiary/aromatic N) is 1. The summed E-state index contributed by atoms with van der Waals surface area (Å²) in [6, 6.07) is 12.6. The molecule has 144 valence electrons. The summed E-state index contributed by atoms with van der Waals surface area (Å²) in [7, 11) is 0. The minimum Gasteiger partial charge on any atom is -0.490 e. The number of hydrogen-bond acceptors (Lipinski definition) is 6. The molecule has 0 unspecified atom stereocenters. The molecule has 0 saturated carbocycles. The Morgan fingerprint density at radius 3 is 2.68 bits per heavy atom. The molecule has 28 heavy (non-hydrogen) atoms. The Balaban J connectivity index is 1.90. The lowest BCUT2D eigenvalue weighted by molar-refractivity contribution is -0.134. The first kappa shape index (κ1) is 19.4. The van der Waals surface area contributed by atoms with Crippen LogP contribution in [-0.2, 0) is 14.3 Å². The fraction of sp³-hybridized carbons (Fsp3) is 0.227. The van der Waals surface area contributed by atoms with Crippen LogP contribution in [0.4, 0.5) is 0 Å². The first-order valence-corrected chi connectivity index (χ1v) is 9.07. The molecule has 0 spiro atoms. The summed E-state index contributed by atoms with van der Waals surface area (Å²) in [4.78, 5) is 28.1. The van der Waals surface area contributed by atoms with Gasteiger partial charge in [-0.2, -0.15) is 0 Å². The Morgan fingerprint density at radius 2 is 1.96 bits per heavy atom. The topological polar surface area (TPSA) is 74.2 Å². The normalized spacial score (nSPS) is 14.6. The number of esters is 2. The van der Waals surface area contributed by atoms with Gasteiger partial charge in [0.15, 0.2) is 17.2 Å². The molecule has 0 aliphatic carbocycles. The maximum absolute atomic E-state index is 12.2. The standard InChI is InChI=1S/C22H21NO5/c1-4-20(24)27-18-10-9-15(13-19(18)26-5-2)12-17-22(25)28-21(23-17)16-8-6-7-14(3)11-16/h6-13H,4-5H2,1-3H3. The molecule has 2 aromatic rings. The monoisotopic (exact) mass is 379 g/mol. The fourth-order valence-electron chi connectivity index (χ4n) is 2.63. The molecule has 6 heteroatoms. The summed E-state index contributed by atoms with van der Waals surface area (Å²) in [5, 5.41) is 0. The third-order valence-corrected chi connectivity index (χ3v) is 3.97. The van der Waals surface area contributed by atoms with Crippen LogP contribution in [0.1, 0.15) is 37.0 Å². The summed E-state index contributed by atoms with van der Waals surface area (Å²) in [5.74, 6) is 0.176. The van der Waals surface area contributed by atoms with Crippen molar-refractivity contribution >= 4 is 23.9 Å². The molecule has 6 nitrogen and oxygen atoms in total. The smallest absolute Gasteiger partial charge is 0.363 e. The molecule has 0 amide bonds. The second kappa shape index (κ2) is 8.52. The van der Waals surface area contributed by atoms with Gasteiger partial charge in [-0.05, 0) is 49.8 Å². The lowest BCUT2D eigenvalue weighted by atomic mass is 10.1. The van der Waals surface area contributed by atoms with Crippen molar-refractivity contribution in [2.24, 2.45) is 4.99 Å². The quantitative estimate of drug-likeness (QED) is 0.430. The Morgan fingerprint density at radius 1 is 1.14 bits per heavy atom. The Kier molecular flexibility index (Phi) is 5.89. The lowest BCUT2D eigenvalue weighted by Gasteiger charge is -2.10. The Hall–Kier alpha value is -3.41. The average molecular weight is 379 g/mol. The number of rotatable bonds is 6. The number of benzene rings is 2. The highest BCUT2D eigenvalue weighted by Crippen LogP contribution is 2.30. The molecule has 0 saturated heterocycles. The fourth-order valence-corrected chi connectivity index (χ4v) is 2.63. The first-order chi connectivity index (χ1) is 13.5. The summed E-state index contributed by atoms with van der Waals surface area (Å²) in [6.07, 6.45) is 1.87. The van der Waals surface area contributed by atoms with E-state index in [0.717, 1.165) is 11.1 Å². The van der Waals surface area contributed by atoms with E-state index < -0.39 is 5.97 Å². The van der Waals surface area contributed by atoms with E-state index in [2.05, 4.69) is 4.99 Å². The third kappa shape index (κ3) is 4.46. The van der Waals surface area contributed by atoms with Crippen molar-refractivity contribution < 1.29 is 23.8 Å². The minimum absolute atomic E-state index is 0.192. The second-order valence-electron chi connectivity index (χ2n) is 6.17. The maximum atomic E-state index is 12.2. The molecular formula is C22H21NO5. The van der Waals surface area contributed by atoms with Gasteiger partial charge in [0.1, 0.15) is 0 Å². The van der Waals surface area contributed by atoms with E-state index in [-0.39, 0.29) is 24.0 Å². The SMILES string of the molecule is CCOc1cc(C=C2N=C(c3cccc(C)c3)OC2=O)ccc1OC(=O)CC. The van der Waals surface area contributed by atoms with Crippen LogP contribution in [0.2, 0.25) is 0 Å². The van der Waals surface area contributed by atoms with Crippen LogP contribution in [0.3, 0.4) is 0 Å². The molecule has 0 radical (unpaired) electrons. The lowest BCUT2D eigenvalue weighted by Crippen LogP contribution is -2.07. The van der Waals surface area contributed by atoms with E-state index in [1.54, 1.807) is 31.2 Å². The summed E-state index contributed by atoms with van der Waals surface area (Å²) in [6.45, 7) is 5.93. The molecule has 2 aromatic carbocycles. The number of ether oxygens (including phenoxy) is 3. The van der Waals surface area contributed by atoms with E-state index in [1.165, 1.54) is 0 Å². The van der Waals surface area contributed by atoms with E-state index in [4.69, 9.17) is 14.2 Å². The molecule has 0 atom stereocenters. The zero-order valence-electron chi connectivity index (χ0n) is 16.0. The van der Waals surface area contributed by atoms with E-state index >= 15 is 0 Å². The van der Waals surface area contributed by atoms with Gasteiger partial charge in [-0.25, -0.2) is 9.79 Å². The van der Waals surface area contributed by atoms with Crippen LogP contribution >= 0.6 is 0 Å². The van der Waals surface area contributed by atoms with Gasteiger partial charge in [0.2, 0.25) is 5.90 Å². The van der Waals surface area contributed by atoms with Crippen LogP contribution < -0.4 is 9.47 Å². The average Bonchev–Trinajstić information content (AvgIpc) is 3.04. The molecule has 1 heterocycles. The van der Waals surface area contributed by atoms with Crippen molar-refractivity contribution in [3.8, 4) is 11.5 Å². The van der Waals surface area contributed by atoms with Crippen molar-refractivity contribution in [2.45, 2.75) is 27.2 Å². The van der Waals surface area contributed by atoms with Crippen LogP contribution in [-0.4, -0.2) is 24.4 Å². The third-order valence-electron chi connectivity index (χ3n) is 3.97. The summed E-state index contributed by atoms with van der Waals surface area (Å²) in [5.41, 5.74) is 2.67. The van der Waals surface area contributed by atoms with E-state index in [0.29, 0.717) is 23.7 Å². The Labute approximate surface area is 163 Å². The second-order valence-corrected chi connectivity index (χ2v) is 6.17. The Bertz CT molecular complexity index is 975. The van der Waals surface area contributed by atoms with Gasteiger partial charge < -0.3 is 14.2 Å². The van der Waals surface area contributed by atoms with Gasteiger partial charge in [0, 0.05) is 12.0 Å². The van der Waals surface area contributed by atoms with E-state index in [1.807, 2.05) is 38.1 Å². The van der Waals surface area contributed by atoms with Crippen molar-refractivity contribution in [1.29, 1.82) is 0 Å². The predicted octanol–water partition coefficient (Wildman–Crippen LogP) is 4.05. The van der Waals surface area contributed by atoms with Crippen LogP contribution in [0.15, 0.2) is 53.2 Å². The van der Waals surface area contributed by atoms with Crippen LogP contribution in [0, 0.1) is 6.92 Å². The number of carbonyl (C=O) groups excluding carboxylic acids is 2. The van der Waals surface area contributed by atoms with Gasteiger partial charge in [0.05, 0.1) is 6.61 Å². The zero-order chi connectivity index (χ0) is 20.1. The minimum atomic E-state index is -0.518. The first-order valence-electron chi connectivity index (χ1n) is 9.07. The van der Waals surface area contributed by atoms with Gasteiger partial charge in [-0.15, -0.1) is 0 Å². The molecule has 3 rings (SSSR count). The molecule has 0 bridgehead atoms. The number of carbonyl (C=O) groups is 2. The van der Waals surface area contributed by atoms with E-state index in [9.17, 15) is 9.59 Å². The van der Waals surface area contributed by atoms with Gasteiger partial charge in [0.25, 0.3) is 0 Å². The highest BCUT2D eigenvalue weighted by Gasteiger charge is 2.24. The van der Waals surface area contributed by atoms with Gasteiger partial charge in [-0.1, -0.05) is 30.7 Å². The van der Waals surface area contributed by atoms with Crippen molar-refractivity contribution in [3.05, 3.63) is 64.9 Å².